The summed E-state index contributed by atoms with van der Waals surface area (Å²) in [4.78, 5) is 10.9. The molecular weight excluding hydrogens is 315 g/mol. The monoisotopic (exact) mass is 328 g/mol. The zero-order valence-electron chi connectivity index (χ0n) is 11.3. The van der Waals surface area contributed by atoms with Gasteiger partial charge in [0, 0.05) is 13.0 Å². The van der Waals surface area contributed by atoms with E-state index in [1.807, 2.05) is 11.5 Å². The third-order valence-corrected chi connectivity index (χ3v) is 4.07. The molecule has 0 radical (unpaired) electrons. The number of nitrogens with one attached hydrogen (secondary N) is 2. The molecule has 7 nitrogen and oxygen atoms in total. The SMILES string of the molecule is CC(NC(=O)C1(Cl)C=CC(Cl)=NN1)c1nnc2n1CCC2. The first kappa shape index (κ1) is 14.3. The molecule has 2 aliphatic heterocycles. The van der Waals surface area contributed by atoms with Crippen molar-refractivity contribution < 1.29 is 4.79 Å². The molecule has 0 saturated heterocycles. The van der Waals surface area contributed by atoms with Gasteiger partial charge in [0.05, 0.1) is 6.04 Å². The first-order chi connectivity index (χ1) is 9.99. The second-order valence-electron chi connectivity index (χ2n) is 5.02. The highest BCUT2D eigenvalue weighted by atomic mass is 35.5. The van der Waals surface area contributed by atoms with Gasteiger partial charge >= 0.3 is 0 Å². The number of aryl methyl sites for hydroxylation is 1. The van der Waals surface area contributed by atoms with Crippen molar-refractivity contribution in [3.8, 4) is 0 Å². The van der Waals surface area contributed by atoms with Crippen LogP contribution in [-0.4, -0.2) is 30.8 Å². The van der Waals surface area contributed by atoms with Gasteiger partial charge in [-0.15, -0.1) is 10.2 Å². The van der Waals surface area contributed by atoms with Crippen molar-refractivity contribution in [1.29, 1.82) is 0 Å². The van der Waals surface area contributed by atoms with Gasteiger partial charge in [0.15, 0.2) is 5.82 Å². The average molecular weight is 329 g/mol. The molecule has 3 heterocycles. The van der Waals surface area contributed by atoms with Crippen LogP contribution in [0, 0.1) is 0 Å². The molecule has 0 aromatic carbocycles. The molecule has 112 valence electrons. The predicted molar refractivity (Wildman–Crippen MR) is 79.0 cm³/mol. The molecule has 0 fully saturated rings. The Morgan fingerprint density at radius 1 is 1.57 bits per heavy atom. The molecule has 1 amide bonds. The van der Waals surface area contributed by atoms with E-state index in [2.05, 4.69) is 26.0 Å². The second-order valence-corrected chi connectivity index (χ2v) is 6.00. The van der Waals surface area contributed by atoms with Gasteiger partial charge in [0.1, 0.15) is 11.0 Å². The summed E-state index contributed by atoms with van der Waals surface area (Å²) in [5, 5.41) is 15.1. The Balaban J connectivity index is 1.71. The van der Waals surface area contributed by atoms with Crippen LogP contribution in [0.15, 0.2) is 17.3 Å². The highest BCUT2D eigenvalue weighted by Gasteiger charge is 2.36. The quantitative estimate of drug-likeness (QED) is 0.641. The summed E-state index contributed by atoms with van der Waals surface area (Å²) >= 11 is 11.9. The molecule has 1 aromatic heterocycles. The Kier molecular flexibility index (Phi) is 3.62. The molecule has 0 saturated carbocycles. The van der Waals surface area contributed by atoms with E-state index in [9.17, 15) is 4.79 Å². The van der Waals surface area contributed by atoms with Crippen molar-refractivity contribution in [1.82, 2.24) is 25.5 Å². The summed E-state index contributed by atoms with van der Waals surface area (Å²) in [5.74, 6) is 1.27. The van der Waals surface area contributed by atoms with Gasteiger partial charge in [-0.3, -0.25) is 10.2 Å². The van der Waals surface area contributed by atoms with Crippen molar-refractivity contribution in [2.75, 3.05) is 0 Å². The molecule has 9 heteroatoms. The zero-order chi connectivity index (χ0) is 15.0. The first-order valence-corrected chi connectivity index (χ1v) is 7.36. The van der Waals surface area contributed by atoms with Crippen LogP contribution in [0.5, 0.6) is 0 Å². The van der Waals surface area contributed by atoms with Crippen molar-refractivity contribution in [3.05, 3.63) is 23.8 Å². The standard InChI is InChI=1S/C12H14Cl2N6O/c1-7(10-18-17-9-3-2-6-20(9)10)15-11(21)12(14)5-4-8(13)16-19-12/h4-5,7,19H,2-3,6H2,1H3,(H,15,21). The Labute approximate surface area is 131 Å². The number of aromatic nitrogens is 3. The highest BCUT2D eigenvalue weighted by Crippen LogP contribution is 2.22. The molecule has 3 rings (SSSR count). The maximum Gasteiger partial charge on any atom is 0.267 e. The van der Waals surface area contributed by atoms with Crippen LogP contribution in [0.1, 0.15) is 31.0 Å². The fourth-order valence-electron chi connectivity index (χ4n) is 2.38. The van der Waals surface area contributed by atoms with Crippen LogP contribution in [0.25, 0.3) is 0 Å². The van der Waals surface area contributed by atoms with E-state index in [1.165, 1.54) is 12.2 Å². The molecule has 2 unspecified atom stereocenters. The number of carbonyl (C=O) groups excluding carboxylic acids is 1. The maximum atomic E-state index is 12.3. The molecule has 2 atom stereocenters. The average Bonchev–Trinajstić information content (AvgIpc) is 3.04. The number of hydrazone groups is 1. The zero-order valence-corrected chi connectivity index (χ0v) is 12.8. The molecule has 1 aromatic rings. The third kappa shape index (κ3) is 2.63. The molecule has 2 N–H and O–H groups in total. The first-order valence-electron chi connectivity index (χ1n) is 6.61. The van der Waals surface area contributed by atoms with Gasteiger partial charge in [-0.2, -0.15) is 5.10 Å². The van der Waals surface area contributed by atoms with Gasteiger partial charge in [0.25, 0.3) is 5.91 Å². The number of halogens is 2. The topological polar surface area (TPSA) is 84.2 Å². The minimum atomic E-state index is -1.44. The minimum absolute atomic E-state index is 0.238. The summed E-state index contributed by atoms with van der Waals surface area (Å²) < 4.78 is 2.03. The molecule has 0 bridgehead atoms. The summed E-state index contributed by atoms with van der Waals surface area (Å²) in [6.07, 6.45) is 4.91. The third-order valence-electron chi connectivity index (χ3n) is 3.48. The number of fused-ring (bicyclic) bond motifs is 1. The van der Waals surface area contributed by atoms with Gasteiger partial charge in [0.2, 0.25) is 5.00 Å². The van der Waals surface area contributed by atoms with Crippen LogP contribution in [-0.2, 0) is 17.8 Å². The predicted octanol–water partition coefficient (Wildman–Crippen LogP) is 1.05. The Morgan fingerprint density at radius 2 is 2.38 bits per heavy atom. The molecular formula is C12H14Cl2N6O. The highest BCUT2D eigenvalue weighted by molar-refractivity contribution is 6.68. The van der Waals surface area contributed by atoms with E-state index in [-0.39, 0.29) is 11.2 Å². The number of carbonyl (C=O) groups is 1. The van der Waals surface area contributed by atoms with Crippen molar-refractivity contribution in [3.63, 3.8) is 0 Å². The number of rotatable bonds is 3. The second kappa shape index (κ2) is 5.31. The molecule has 21 heavy (non-hydrogen) atoms. The van der Waals surface area contributed by atoms with E-state index in [0.717, 1.165) is 31.0 Å². The van der Waals surface area contributed by atoms with Crippen molar-refractivity contribution >= 4 is 34.3 Å². The summed E-state index contributed by atoms with van der Waals surface area (Å²) in [5.41, 5.74) is 2.53. The lowest BCUT2D eigenvalue weighted by Crippen LogP contribution is -2.51. The lowest BCUT2D eigenvalue weighted by atomic mass is 10.2. The number of amides is 1. The van der Waals surface area contributed by atoms with E-state index in [0.29, 0.717) is 0 Å². The number of nitrogens with zero attached hydrogens (tertiary/aromatic N) is 4. The van der Waals surface area contributed by atoms with E-state index < -0.39 is 10.9 Å². The fourth-order valence-corrected chi connectivity index (χ4v) is 2.64. The minimum Gasteiger partial charge on any atom is -0.343 e. The smallest absolute Gasteiger partial charge is 0.267 e. The normalized spacial score (nSPS) is 25.0. The van der Waals surface area contributed by atoms with Gasteiger partial charge in [-0.1, -0.05) is 23.2 Å². The lowest BCUT2D eigenvalue weighted by Gasteiger charge is -2.26. The van der Waals surface area contributed by atoms with Crippen molar-refractivity contribution in [2.24, 2.45) is 5.10 Å². The summed E-state index contributed by atoms with van der Waals surface area (Å²) in [6.45, 7) is 2.72. The number of allylic oxidation sites excluding steroid dienone is 1. The molecule has 0 aliphatic carbocycles. The van der Waals surface area contributed by atoms with Gasteiger partial charge < -0.3 is 9.88 Å². The van der Waals surface area contributed by atoms with Crippen LogP contribution in [0.2, 0.25) is 0 Å². The number of hydrogen-bond donors (Lipinski definition) is 2. The maximum absolute atomic E-state index is 12.3. The molecule has 0 spiro atoms. The lowest BCUT2D eigenvalue weighted by molar-refractivity contribution is -0.124. The Hall–Kier alpha value is -1.60. The summed E-state index contributed by atoms with van der Waals surface area (Å²) in [6, 6.07) is -0.302. The van der Waals surface area contributed by atoms with Crippen LogP contribution < -0.4 is 10.7 Å². The van der Waals surface area contributed by atoms with Crippen LogP contribution >= 0.6 is 23.2 Å². The van der Waals surface area contributed by atoms with E-state index >= 15 is 0 Å². The number of alkyl halides is 1. The Morgan fingerprint density at radius 3 is 3.10 bits per heavy atom. The number of hydrogen-bond acceptors (Lipinski definition) is 5. The fraction of sp³-hybridized carbons (Fsp3) is 0.500. The van der Waals surface area contributed by atoms with Gasteiger partial charge in [-0.05, 0) is 25.5 Å². The molecule has 2 aliphatic rings. The van der Waals surface area contributed by atoms with Crippen LogP contribution in [0.3, 0.4) is 0 Å². The van der Waals surface area contributed by atoms with E-state index in [1.54, 1.807) is 0 Å². The van der Waals surface area contributed by atoms with Gasteiger partial charge in [-0.25, -0.2) is 0 Å². The Bertz CT molecular complexity index is 640. The van der Waals surface area contributed by atoms with Crippen molar-refractivity contribution in [2.45, 2.75) is 37.4 Å². The van der Waals surface area contributed by atoms with Crippen LogP contribution in [0.4, 0.5) is 0 Å². The van der Waals surface area contributed by atoms with E-state index in [4.69, 9.17) is 23.2 Å². The largest absolute Gasteiger partial charge is 0.343 e. The summed E-state index contributed by atoms with van der Waals surface area (Å²) in [7, 11) is 0.